The van der Waals surface area contributed by atoms with Gasteiger partial charge in [-0.05, 0) is 6.92 Å². The van der Waals surface area contributed by atoms with Crippen LogP contribution < -0.4 is 5.32 Å². The maximum absolute atomic E-state index is 10.8. The summed E-state index contributed by atoms with van der Waals surface area (Å²) in [6.45, 7) is 2.52. The van der Waals surface area contributed by atoms with E-state index in [0.717, 1.165) is 17.1 Å². The number of anilines is 1. The second kappa shape index (κ2) is 5.13. The summed E-state index contributed by atoms with van der Waals surface area (Å²) in [5, 5.41) is 20.8. The molecule has 2 aromatic rings. The van der Waals surface area contributed by atoms with Crippen LogP contribution in [0.4, 0.5) is 11.5 Å². The molecule has 0 aromatic carbocycles. The van der Waals surface area contributed by atoms with Gasteiger partial charge in [0.25, 0.3) is 0 Å². The van der Waals surface area contributed by atoms with Gasteiger partial charge in [-0.25, -0.2) is 4.98 Å². The fraction of sp³-hybridized carbons (Fsp3) is 0.400. The molecule has 7 nitrogen and oxygen atoms in total. The van der Waals surface area contributed by atoms with Gasteiger partial charge in [-0.3, -0.25) is 14.8 Å². The van der Waals surface area contributed by atoms with Crippen LogP contribution in [0.25, 0.3) is 0 Å². The molecular weight excluding hydrogens is 254 g/mol. The first-order valence-corrected chi connectivity index (χ1v) is 6.27. The van der Waals surface area contributed by atoms with Gasteiger partial charge in [-0.1, -0.05) is 0 Å². The molecule has 96 valence electrons. The number of hydrogen-bond acceptors (Lipinski definition) is 6. The first kappa shape index (κ1) is 12.5. The summed E-state index contributed by atoms with van der Waals surface area (Å²) in [5.74, 6) is 0.300. The van der Waals surface area contributed by atoms with E-state index < -0.39 is 4.92 Å². The maximum atomic E-state index is 10.8. The van der Waals surface area contributed by atoms with E-state index in [2.05, 4.69) is 15.4 Å². The smallest absolute Gasteiger partial charge is 0.330 e. The fourth-order valence-corrected chi connectivity index (χ4v) is 2.21. The van der Waals surface area contributed by atoms with Crippen molar-refractivity contribution in [3.05, 3.63) is 32.4 Å². The molecule has 0 amide bonds. The first-order valence-electron chi connectivity index (χ1n) is 5.39. The van der Waals surface area contributed by atoms with E-state index in [-0.39, 0.29) is 5.69 Å². The normalized spacial score (nSPS) is 10.6. The van der Waals surface area contributed by atoms with Crippen molar-refractivity contribution in [2.24, 2.45) is 7.05 Å². The van der Waals surface area contributed by atoms with Gasteiger partial charge < -0.3 is 5.32 Å². The van der Waals surface area contributed by atoms with Crippen LogP contribution in [0.1, 0.15) is 10.7 Å². The van der Waals surface area contributed by atoms with Crippen molar-refractivity contribution >= 4 is 22.8 Å². The SMILES string of the molecule is Cc1nc(CCNc2nn(C)cc2[N+](=O)[O-])cs1. The lowest BCUT2D eigenvalue weighted by molar-refractivity contribution is -0.384. The molecule has 0 spiro atoms. The predicted octanol–water partition coefficient (Wildman–Crippen LogP) is 1.75. The van der Waals surface area contributed by atoms with E-state index in [9.17, 15) is 10.1 Å². The number of thiazole rings is 1. The summed E-state index contributed by atoms with van der Waals surface area (Å²) >= 11 is 1.60. The molecule has 18 heavy (non-hydrogen) atoms. The average Bonchev–Trinajstić information content (AvgIpc) is 2.85. The zero-order chi connectivity index (χ0) is 13.1. The summed E-state index contributed by atoms with van der Waals surface area (Å²) in [4.78, 5) is 14.7. The van der Waals surface area contributed by atoms with Crippen molar-refractivity contribution in [1.82, 2.24) is 14.8 Å². The van der Waals surface area contributed by atoms with Crippen molar-refractivity contribution in [3.8, 4) is 0 Å². The molecule has 2 heterocycles. The number of hydrogen-bond donors (Lipinski definition) is 1. The van der Waals surface area contributed by atoms with Crippen LogP contribution in [0, 0.1) is 17.0 Å². The second-order valence-electron chi connectivity index (χ2n) is 3.83. The molecule has 2 aromatic heterocycles. The van der Waals surface area contributed by atoms with Gasteiger partial charge in [0.2, 0.25) is 5.82 Å². The summed E-state index contributed by atoms with van der Waals surface area (Å²) in [5.41, 5.74) is 0.982. The van der Waals surface area contributed by atoms with Gasteiger partial charge in [0, 0.05) is 25.4 Å². The third-order valence-corrected chi connectivity index (χ3v) is 3.17. The number of nitro groups is 1. The Bertz CT molecular complexity index is 562. The molecule has 0 saturated heterocycles. The van der Waals surface area contributed by atoms with Gasteiger partial charge in [0.05, 0.1) is 15.6 Å². The van der Waals surface area contributed by atoms with Crippen molar-refractivity contribution in [2.45, 2.75) is 13.3 Å². The Morgan fingerprint density at radius 3 is 3.00 bits per heavy atom. The van der Waals surface area contributed by atoms with Crippen LogP contribution in [0.2, 0.25) is 0 Å². The van der Waals surface area contributed by atoms with E-state index in [1.807, 2.05) is 12.3 Å². The minimum Gasteiger partial charge on any atom is -0.362 e. The third kappa shape index (κ3) is 2.83. The highest BCUT2D eigenvalue weighted by molar-refractivity contribution is 7.09. The van der Waals surface area contributed by atoms with Gasteiger partial charge in [0.15, 0.2) is 0 Å². The lowest BCUT2D eigenvalue weighted by Gasteiger charge is -2.00. The Labute approximate surface area is 108 Å². The Balaban J connectivity index is 1.96. The highest BCUT2D eigenvalue weighted by atomic mass is 32.1. The Morgan fingerprint density at radius 1 is 1.61 bits per heavy atom. The van der Waals surface area contributed by atoms with Crippen LogP contribution in [0.5, 0.6) is 0 Å². The Kier molecular flexibility index (Phi) is 3.56. The maximum Gasteiger partial charge on any atom is 0.330 e. The van der Waals surface area contributed by atoms with E-state index in [0.29, 0.717) is 12.4 Å². The van der Waals surface area contributed by atoms with Gasteiger partial charge in [-0.15, -0.1) is 16.4 Å². The van der Waals surface area contributed by atoms with Gasteiger partial charge in [0.1, 0.15) is 6.20 Å². The molecule has 0 aliphatic rings. The van der Waals surface area contributed by atoms with Crippen LogP contribution in [-0.4, -0.2) is 26.2 Å². The predicted molar refractivity (Wildman–Crippen MR) is 68.9 cm³/mol. The zero-order valence-corrected chi connectivity index (χ0v) is 10.9. The van der Waals surface area contributed by atoms with Gasteiger partial charge >= 0.3 is 5.69 Å². The summed E-state index contributed by atoms with van der Waals surface area (Å²) in [6, 6.07) is 0. The highest BCUT2D eigenvalue weighted by Gasteiger charge is 2.17. The first-order chi connectivity index (χ1) is 8.56. The number of aryl methyl sites for hydroxylation is 2. The summed E-state index contributed by atoms with van der Waals surface area (Å²) in [7, 11) is 1.65. The molecule has 0 bridgehead atoms. The monoisotopic (exact) mass is 267 g/mol. The quantitative estimate of drug-likeness (QED) is 0.658. The van der Waals surface area contributed by atoms with Crippen molar-refractivity contribution < 1.29 is 4.92 Å². The van der Waals surface area contributed by atoms with Gasteiger partial charge in [-0.2, -0.15) is 0 Å². The molecule has 2 rings (SSSR count). The van der Waals surface area contributed by atoms with E-state index in [1.54, 1.807) is 18.4 Å². The lowest BCUT2D eigenvalue weighted by Crippen LogP contribution is -2.07. The van der Waals surface area contributed by atoms with Crippen LogP contribution in [-0.2, 0) is 13.5 Å². The molecular formula is C10H13N5O2S. The van der Waals surface area contributed by atoms with Crippen molar-refractivity contribution in [2.75, 3.05) is 11.9 Å². The van der Waals surface area contributed by atoms with Crippen molar-refractivity contribution in [1.29, 1.82) is 0 Å². The third-order valence-electron chi connectivity index (χ3n) is 2.35. The molecule has 0 fully saturated rings. The summed E-state index contributed by atoms with van der Waals surface area (Å²) < 4.78 is 1.42. The number of rotatable bonds is 5. The molecule has 0 atom stereocenters. The standard InChI is InChI=1S/C10H13N5O2S/c1-7-12-8(6-18-7)3-4-11-10-9(15(16)17)5-14(2)13-10/h5-6H,3-4H2,1-2H3,(H,11,13). The summed E-state index contributed by atoms with van der Waals surface area (Å²) in [6.07, 6.45) is 2.10. The molecule has 0 unspecified atom stereocenters. The number of aromatic nitrogens is 3. The molecule has 0 radical (unpaired) electrons. The highest BCUT2D eigenvalue weighted by Crippen LogP contribution is 2.21. The Morgan fingerprint density at radius 2 is 2.39 bits per heavy atom. The molecule has 8 heteroatoms. The minimum atomic E-state index is -0.442. The number of nitrogens with zero attached hydrogens (tertiary/aromatic N) is 4. The second-order valence-corrected chi connectivity index (χ2v) is 4.89. The topological polar surface area (TPSA) is 85.9 Å². The van der Waals surface area contributed by atoms with Crippen LogP contribution in [0.15, 0.2) is 11.6 Å². The average molecular weight is 267 g/mol. The minimum absolute atomic E-state index is 0.00745. The number of nitrogens with one attached hydrogen (secondary N) is 1. The molecule has 0 aliphatic carbocycles. The molecule has 0 saturated carbocycles. The lowest BCUT2D eigenvalue weighted by atomic mass is 10.3. The largest absolute Gasteiger partial charge is 0.362 e. The van der Waals surface area contributed by atoms with Crippen molar-refractivity contribution in [3.63, 3.8) is 0 Å². The van der Waals surface area contributed by atoms with E-state index in [1.165, 1.54) is 10.9 Å². The molecule has 0 aliphatic heterocycles. The van der Waals surface area contributed by atoms with Crippen LogP contribution >= 0.6 is 11.3 Å². The molecule has 1 N–H and O–H groups in total. The Hall–Kier alpha value is -1.96. The van der Waals surface area contributed by atoms with E-state index in [4.69, 9.17) is 0 Å². The zero-order valence-electron chi connectivity index (χ0n) is 10.1. The van der Waals surface area contributed by atoms with Crippen LogP contribution in [0.3, 0.4) is 0 Å². The fourth-order valence-electron chi connectivity index (χ4n) is 1.57. The van der Waals surface area contributed by atoms with E-state index >= 15 is 0 Å².